The molecular formula is C13H12O2. The number of benzene rings is 1. The van der Waals surface area contributed by atoms with Gasteiger partial charge in [-0.2, -0.15) is 0 Å². The summed E-state index contributed by atoms with van der Waals surface area (Å²) in [5.41, 5.74) is 2.44. The van der Waals surface area contributed by atoms with Gasteiger partial charge in [-0.15, -0.1) is 0 Å². The minimum absolute atomic E-state index is 0.388. The van der Waals surface area contributed by atoms with E-state index in [1.807, 2.05) is 24.3 Å². The molecule has 0 unspecified atom stereocenters. The van der Waals surface area contributed by atoms with Crippen LogP contribution < -0.4 is 0 Å². The number of carbonyl (C=O) groups excluding carboxylic acids is 1. The fraction of sp³-hybridized carbons (Fsp3) is 0.154. The Morgan fingerprint density at radius 3 is 2.93 bits per heavy atom. The molecule has 1 aliphatic rings. The Hall–Kier alpha value is -1.83. The monoisotopic (exact) mass is 200 g/mol. The Morgan fingerprint density at radius 2 is 2.13 bits per heavy atom. The summed E-state index contributed by atoms with van der Waals surface area (Å²) in [6, 6.07) is 8.12. The molecule has 0 saturated heterocycles. The molecule has 1 aromatic rings. The molecule has 1 aromatic carbocycles. The van der Waals surface area contributed by atoms with Crippen LogP contribution in [0.1, 0.15) is 17.5 Å². The summed E-state index contributed by atoms with van der Waals surface area (Å²) in [4.78, 5) is 11.0. The van der Waals surface area contributed by atoms with Gasteiger partial charge in [0.1, 0.15) is 5.76 Å². The standard InChI is InChI=1S/C13H12O2/c1-2-13(14)15-12-8-7-10-5-3-4-6-11(10)9-12/h2-6,9H,1,7-8H2. The fourth-order valence-electron chi connectivity index (χ4n) is 1.66. The molecule has 15 heavy (non-hydrogen) atoms. The third-order valence-electron chi connectivity index (χ3n) is 2.41. The van der Waals surface area contributed by atoms with E-state index in [1.54, 1.807) is 0 Å². The van der Waals surface area contributed by atoms with Gasteiger partial charge in [-0.1, -0.05) is 30.8 Å². The lowest BCUT2D eigenvalue weighted by Gasteiger charge is -2.15. The Labute approximate surface area is 88.9 Å². The second-order valence-corrected chi connectivity index (χ2v) is 3.43. The number of hydrogen-bond acceptors (Lipinski definition) is 2. The van der Waals surface area contributed by atoms with Gasteiger partial charge >= 0.3 is 5.97 Å². The molecule has 0 amide bonds. The van der Waals surface area contributed by atoms with Gasteiger partial charge < -0.3 is 4.74 Å². The Morgan fingerprint density at radius 1 is 1.33 bits per heavy atom. The first-order valence-corrected chi connectivity index (χ1v) is 4.92. The van der Waals surface area contributed by atoms with Crippen molar-refractivity contribution in [3.63, 3.8) is 0 Å². The van der Waals surface area contributed by atoms with E-state index in [2.05, 4.69) is 12.6 Å². The molecule has 2 rings (SSSR count). The van der Waals surface area contributed by atoms with Crippen LogP contribution in [0.4, 0.5) is 0 Å². The van der Waals surface area contributed by atoms with Crippen molar-refractivity contribution in [2.75, 3.05) is 0 Å². The molecule has 0 spiro atoms. The number of ether oxygens (including phenoxy) is 1. The highest BCUT2D eigenvalue weighted by Crippen LogP contribution is 2.24. The predicted molar refractivity (Wildman–Crippen MR) is 59.0 cm³/mol. The lowest BCUT2D eigenvalue weighted by molar-refractivity contribution is -0.133. The second-order valence-electron chi connectivity index (χ2n) is 3.43. The summed E-state index contributed by atoms with van der Waals surface area (Å²) in [5, 5.41) is 0. The zero-order valence-electron chi connectivity index (χ0n) is 8.40. The summed E-state index contributed by atoms with van der Waals surface area (Å²) >= 11 is 0. The van der Waals surface area contributed by atoms with Crippen molar-refractivity contribution in [1.29, 1.82) is 0 Å². The SMILES string of the molecule is C=CC(=O)OC1=Cc2ccccc2CC1. The highest BCUT2D eigenvalue weighted by molar-refractivity contribution is 5.82. The third-order valence-corrected chi connectivity index (χ3v) is 2.41. The minimum Gasteiger partial charge on any atom is -0.428 e. The number of rotatable bonds is 2. The van der Waals surface area contributed by atoms with Gasteiger partial charge in [-0.25, -0.2) is 4.79 Å². The first-order chi connectivity index (χ1) is 7.29. The van der Waals surface area contributed by atoms with Gasteiger partial charge in [-0.05, 0) is 23.6 Å². The van der Waals surface area contributed by atoms with Crippen molar-refractivity contribution in [2.24, 2.45) is 0 Å². The summed E-state index contributed by atoms with van der Waals surface area (Å²) in [7, 11) is 0. The van der Waals surface area contributed by atoms with Gasteiger partial charge in [0, 0.05) is 12.5 Å². The lowest BCUT2D eigenvalue weighted by Crippen LogP contribution is -2.05. The zero-order valence-corrected chi connectivity index (χ0v) is 8.40. The first kappa shape index (κ1) is 9.71. The van der Waals surface area contributed by atoms with Crippen molar-refractivity contribution >= 4 is 12.0 Å². The third kappa shape index (κ3) is 2.15. The number of fused-ring (bicyclic) bond motifs is 1. The Balaban J connectivity index is 2.21. The van der Waals surface area contributed by atoms with Crippen molar-refractivity contribution in [2.45, 2.75) is 12.8 Å². The molecule has 0 radical (unpaired) electrons. The maximum absolute atomic E-state index is 11.0. The number of carbonyl (C=O) groups is 1. The molecule has 0 saturated carbocycles. The maximum Gasteiger partial charge on any atom is 0.335 e. The smallest absolute Gasteiger partial charge is 0.335 e. The van der Waals surface area contributed by atoms with Gasteiger partial charge in [0.25, 0.3) is 0 Å². The summed E-state index contributed by atoms with van der Waals surface area (Å²) in [6.45, 7) is 3.37. The summed E-state index contributed by atoms with van der Waals surface area (Å²) in [5.74, 6) is 0.333. The van der Waals surface area contributed by atoms with Crippen LogP contribution >= 0.6 is 0 Å². The molecule has 0 heterocycles. The van der Waals surface area contributed by atoms with Crippen LogP contribution in [-0.4, -0.2) is 5.97 Å². The molecular weight excluding hydrogens is 188 g/mol. The van der Waals surface area contributed by atoms with Crippen molar-refractivity contribution < 1.29 is 9.53 Å². The maximum atomic E-state index is 11.0. The van der Waals surface area contributed by atoms with Gasteiger partial charge in [0.05, 0.1) is 0 Å². The molecule has 0 atom stereocenters. The number of hydrogen-bond donors (Lipinski definition) is 0. The van der Waals surface area contributed by atoms with Crippen molar-refractivity contribution in [3.8, 4) is 0 Å². The highest BCUT2D eigenvalue weighted by Gasteiger charge is 2.12. The highest BCUT2D eigenvalue weighted by atomic mass is 16.5. The number of aryl methyl sites for hydroxylation is 1. The van der Waals surface area contributed by atoms with E-state index in [1.165, 1.54) is 11.6 Å². The predicted octanol–water partition coefficient (Wildman–Crippen LogP) is 2.70. The lowest BCUT2D eigenvalue weighted by atomic mass is 9.96. The van der Waals surface area contributed by atoms with Crippen LogP contribution in [-0.2, 0) is 16.0 Å². The van der Waals surface area contributed by atoms with Crippen LogP contribution in [0.25, 0.3) is 6.08 Å². The summed E-state index contributed by atoms with van der Waals surface area (Å²) < 4.78 is 5.10. The van der Waals surface area contributed by atoms with E-state index in [0.717, 1.165) is 24.2 Å². The Kier molecular flexibility index (Phi) is 2.68. The summed E-state index contributed by atoms with van der Waals surface area (Å²) in [6.07, 6.45) is 4.80. The van der Waals surface area contributed by atoms with E-state index < -0.39 is 0 Å². The molecule has 0 N–H and O–H groups in total. The second kappa shape index (κ2) is 4.13. The molecule has 1 aliphatic carbocycles. The van der Waals surface area contributed by atoms with Gasteiger partial charge in [0.15, 0.2) is 0 Å². The van der Waals surface area contributed by atoms with Gasteiger partial charge in [-0.3, -0.25) is 0 Å². The first-order valence-electron chi connectivity index (χ1n) is 4.92. The topological polar surface area (TPSA) is 26.3 Å². The van der Waals surface area contributed by atoms with Crippen LogP contribution in [0, 0.1) is 0 Å². The van der Waals surface area contributed by atoms with Crippen LogP contribution in [0.15, 0.2) is 42.7 Å². The van der Waals surface area contributed by atoms with Crippen molar-refractivity contribution in [1.82, 2.24) is 0 Å². The Bertz CT molecular complexity index is 430. The molecule has 76 valence electrons. The molecule has 2 heteroatoms. The average Bonchev–Trinajstić information content (AvgIpc) is 2.29. The molecule has 0 aromatic heterocycles. The van der Waals surface area contributed by atoms with Crippen molar-refractivity contribution in [3.05, 3.63) is 53.8 Å². The van der Waals surface area contributed by atoms with Gasteiger partial charge in [0.2, 0.25) is 0 Å². The largest absolute Gasteiger partial charge is 0.428 e. The van der Waals surface area contributed by atoms with E-state index in [9.17, 15) is 4.79 Å². The molecule has 0 fully saturated rings. The van der Waals surface area contributed by atoms with Crippen LogP contribution in [0.2, 0.25) is 0 Å². The zero-order chi connectivity index (χ0) is 10.7. The number of allylic oxidation sites excluding steroid dienone is 1. The normalized spacial score (nSPS) is 13.7. The fourth-order valence-corrected chi connectivity index (χ4v) is 1.66. The molecule has 0 bridgehead atoms. The van der Waals surface area contributed by atoms with Crippen LogP contribution in [0.3, 0.4) is 0 Å². The number of esters is 1. The van der Waals surface area contributed by atoms with E-state index in [4.69, 9.17) is 4.74 Å². The van der Waals surface area contributed by atoms with Crippen LogP contribution in [0.5, 0.6) is 0 Å². The quantitative estimate of drug-likeness (QED) is 0.542. The minimum atomic E-state index is -0.388. The average molecular weight is 200 g/mol. The van der Waals surface area contributed by atoms with E-state index in [0.29, 0.717) is 0 Å². The molecule has 2 nitrogen and oxygen atoms in total. The van der Waals surface area contributed by atoms with E-state index in [-0.39, 0.29) is 5.97 Å². The van der Waals surface area contributed by atoms with E-state index >= 15 is 0 Å². The molecule has 0 aliphatic heterocycles.